The van der Waals surface area contributed by atoms with Gasteiger partial charge in [-0.05, 0) is 18.3 Å². The van der Waals surface area contributed by atoms with E-state index in [4.69, 9.17) is 0 Å². The van der Waals surface area contributed by atoms with E-state index in [9.17, 15) is 0 Å². The quantitative estimate of drug-likeness (QED) is 0.430. The van der Waals surface area contributed by atoms with E-state index >= 15 is 0 Å². The molecule has 1 fully saturated rings. The van der Waals surface area contributed by atoms with Crippen LogP contribution in [0.5, 0.6) is 0 Å². The molecule has 0 N–H and O–H groups in total. The molecule has 1 rings (SSSR count). The van der Waals surface area contributed by atoms with Gasteiger partial charge in [0.1, 0.15) is 7.85 Å². The van der Waals surface area contributed by atoms with Crippen LogP contribution in [0, 0.1) is 5.41 Å². The van der Waals surface area contributed by atoms with E-state index < -0.39 is 0 Å². The standard InChI is InChI=1S/C6H13B/c1-6(5-7)3-2-4-6/h2-5,7H2,1H3. The minimum absolute atomic E-state index is 0.764. The van der Waals surface area contributed by atoms with Crippen molar-refractivity contribution in [2.75, 3.05) is 0 Å². The molecule has 1 saturated carbocycles. The fourth-order valence-corrected chi connectivity index (χ4v) is 1.13. The summed E-state index contributed by atoms with van der Waals surface area (Å²) >= 11 is 0. The Bertz CT molecular complexity index is 59.1. The zero-order valence-electron chi connectivity index (χ0n) is 5.33. The van der Waals surface area contributed by atoms with Gasteiger partial charge >= 0.3 is 0 Å². The molecule has 0 saturated heterocycles. The van der Waals surface area contributed by atoms with E-state index in [2.05, 4.69) is 14.8 Å². The summed E-state index contributed by atoms with van der Waals surface area (Å²) in [6.07, 6.45) is 5.81. The van der Waals surface area contributed by atoms with Crippen LogP contribution in [-0.4, -0.2) is 7.85 Å². The third-order valence-electron chi connectivity index (χ3n) is 2.41. The first-order chi connectivity index (χ1) is 3.27. The van der Waals surface area contributed by atoms with Crippen molar-refractivity contribution >= 4 is 7.85 Å². The maximum absolute atomic E-state index is 2.39. The third kappa shape index (κ3) is 0.819. The van der Waals surface area contributed by atoms with Crippen molar-refractivity contribution in [1.29, 1.82) is 0 Å². The molecule has 0 aromatic carbocycles. The minimum Gasteiger partial charge on any atom is -0.0758 e. The van der Waals surface area contributed by atoms with Crippen molar-refractivity contribution < 1.29 is 0 Å². The van der Waals surface area contributed by atoms with E-state index in [0.29, 0.717) is 0 Å². The summed E-state index contributed by atoms with van der Waals surface area (Å²) in [6.45, 7) is 2.39. The Balaban J connectivity index is 2.29. The van der Waals surface area contributed by atoms with E-state index in [0.717, 1.165) is 5.41 Å². The van der Waals surface area contributed by atoms with Gasteiger partial charge in [0.2, 0.25) is 0 Å². The Morgan fingerprint density at radius 1 is 1.57 bits per heavy atom. The van der Waals surface area contributed by atoms with Crippen LogP contribution in [0.1, 0.15) is 26.2 Å². The van der Waals surface area contributed by atoms with Crippen LogP contribution in [-0.2, 0) is 0 Å². The molecule has 1 aliphatic rings. The largest absolute Gasteiger partial charge is 0.102 e. The predicted octanol–water partition coefficient (Wildman–Crippen LogP) is 1.23. The van der Waals surface area contributed by atoms with Gasteiger partial charge in [0.05, 0.1) is 0 Å². The molecule has 1 aliphatic carbocycles. The normalized spacial score (nSPS) is 26.4. The lowest BCUT2D eigenvalue weighted by molar-refractivity contribution is 0.191. The van der Waals surface area contributed by atoms with E-state index in [1.54, 1.807) is 0 Å². The molecule has 0 unspecified atom stereocenters. The van der Waals surface area contributed by atoms with Crippen molar-refractivity contribution in [3.8, 4) is 0 Å². The Morgan fingerprint density at radius 2 is 2.14 bits per heavy atom. The van der Waals surface area contributed by atoms with Gasteiger partial charge in [0, 0.05) is 0 Å². The van der Waals surface area contributed by atoms with Crippen LogP contribution in [0.15, 0.2) is 0 Å². The van der Waals surface area contributed by atoms with Crippen LogP contribution in [0.2, 0.25) is 6.32 Å². The van der Waals surface area contributed by atoms with Crippen molar-refractivity contribution in [2.45, 2.75) is 32.5 Å². The topological polar surface area (TPSA) is 0 Å². The molecule has 0 atom stereocenters. The molecule has 7 heavy (non-hydrogen) atoms. The molecule has 0 radical (unpaired) electrons. The first-order valence-electron chi connectivity index (χ1n) is 3.27. The van der Waals surface area contributed by atoms with Crippen LogP contribution in [0.25, 0.3) is 0 Å². The zero-order chi connectivity index (χ0) is 5.33. The smallest absolute Gasteiger partial charge is 0.0758 e. The van der Waals surface area contributed by atoms with Gasteiger partial charge in [-0.15, -0.1) is 0 Å². The van der Waals surface area contributed by atoms with Gasteiger partial charge in [0.25, 0.3) is 0 Å². The second kappa shape index (κ2) is 1.54. The maximum Gasteiger partial charge on any atom is 0.102 e. The Kier molecular flexibility index (Phi) is 1.14. The van der Waals surface area contributed by atoms with Crippen molar-refractivity contribution in [3.05, 3.63) is 0 Å². The van der Waals surface area contributed by atoms with Gasteiger partial charge < -0.3 is 0 Å². The van der Waals surface area contributed by atoms with Crippen molar-refractivity contribution in [1.82, 2.24) is 0 Å². The summed E-state index contributed by atoms with van der Waals surface area (Å²) in [4.78, 5) is 0. The fraction of sp³-hybridized carbons (Fsp3) is 1.00. The summed E-state index contributed by atoms with van der Waals surface area (Å²) in [5, 5.41) is 0. The Labute approximate surface area is 46.7 Å². The molecule has 0 spiro atoms. The second-order valence-corrected chi connectivity index (χ2v) is 3.02. The summed E-state index contributed by atoms with van der Waals surface area (Å²) in [5.41, 5.74) is 0.764. The average molecular weight is 96.0 g/mol. The molecule has 0 nitrogen and oxygen atoms in total. The molecule has 0 heterocycles. The van der Waals surface area contributed by atoms with Gasteiger partial charge in [-0.3, -0.25) is 0 Å². The first kappa shape index (κ1) is 5.21. The lowest BCUT2D eigenvalue weighted by Crippen LogP contribution is -2.24. The van der Waals surface area contributed by atoms with E-state index in [1.807, 2.05) is 0 Å². The lowest BCUT2D eigenvalue weighted by atomic mass is 9.64. The van der Waals surface area contributed by atoms with Crippen molar-refractivity contribution in [2.24, 2.45) is 5.41 Å². The first-order valence-corrected chi connectivity index (χ1v) is 3.27. The van der Waals surface area contributed by atoms with Crippen LogP contribution < -0.4 is 0 Å². The van der Waals surface area contributed by atoms with E-state index in [-0.39, 0.29) is 0 Å². The minimum atomic E-state index is 0.764. The second-order valence-electron chi connectivity index (χ2n) is 3.02. The van der Waals surface area contributed by atoms with Gasteiger partial charge in [-0.25, -0.2) is 0 Å². The van der Waals surface area contributed by atoms with Crippen LogP contribution >= 0.6 is 0 Å². The third-order valence-corrected chi connectivity index (χ3v) is 2.41. The van der Waals surface area contributed by atoms with Gasteiger partial charge in [-0.1, -0.05) is 19.7 Å². The molecular weight excluding hydrogens is 82.9 g/mol. The summed E-state index contributed by atoms with van der Waals surface area (Å²) in [5.74, 6) is 0. The molecule has 1 heteroatoms. The van der Waals surface area contributed by atoms with E-state index in [1.165, 1.54) is 25.6 Å². The highest BCUT2D eigenvalue weighted by Gasteiger charge is 2.28. The average Bonchev–Trinajstić information content (AvgIpc) is 1.61. The molecule has 0 amide bonds. The molecular formula is C6H13B. The monoisotopic (exact) mass is 96.1 g/mol. The Hall–Kier alpha value is 0.0649. The number of hydrogen-bond acceptors (Lipinski definition) is 0. The Morgan fingerprint density at radius 3 is 2.14 bits per heavy atom. The lowest BCUT2D eigenvalue weighted by Gasteiger charge is -2.37. The summed E-state index contributed by atoms with van der Waals surface area (Å²) < 4.78 is 0. The van der Waals surface area contributed by atoms with Crippen LogP contribution in [0.3, 0.4) is 0 Å². The summed E-state index contributed by atoms with van der Waals surface area (Å²) in [6, 6.07) is 0. The number of hydrogen-bond donors (Lipinski definition) is 0. The number of rotatable bonds is 1. The SMILES string of the molecule is BCC1(C)CCC1. The molecule has 0 aliphatic heterocycles. The summed E-state index contributed by atoms with van der Waals surface area (Å²) in [7, 11) is 2.29. The molecule has 0 aromatic rings. The molecule has 40 valence electrons. The predicted molar refractivity (Wildman–Crippen MR) is 35.3 cm³/mol. The highest BCUT2D eigenvalue weighted by atomic mass is 14.3. The molecule has 0 aromatic heterocycles. The van der Waals surface area contributed by atoms with Gasteiger partial charge in [-0.2, -0.15) is 0 Å². The van der Waals surface area contributed by atoms with Crippen molar-refractivity contribution in [3.63, 3.8) is 0 Å². The zero-order valence-corrected chi connectivity index (χ0v) is 5.33. The van der Waals surface area contributed by atoms with Gasteiger partial charge in [0.15, 0.2) is 0 Å². The fourth-order valence-electron chi connectivity index (χ4n) is 1.13. The highest BCUT2D eigenvalue weighted by molar-refractivity contribution is 6.09. The van der Waals surface area contributed by atoms with Crippen LogP contribution in [0.4, 0.5) is 0 Å². The maximum atomic E-state index is 2.39. The molecule has 0 bridgehead atoms. The highest BCUT2D eigenvalue weighted by Crippen LogP contribution is 2.42.